The predicted molar refractivity (Wildman–Crippen MR) is 94.0 cm³/mol. The van der Waals surface area contributed by atoms with Crippen LogP contribution in [0, 0.1) is 5.82 Å². The SMILES string of the molecule is COC(=O)C[C@H](NC(=O)c1ccc(N(C)C)cc1)c1ccc(F)cc1. The van der Waals surface area contributed by atoms with E-state index in [1.807, 2.05) is 31.1 Å². The molecule has 0 aliphatic heterocycles. The van der Waals surface area contributed by atoms with Crippen LogP contribution in [0.3, 0.4) is 0 Å². The zero-order valence-electron chi connectivity index (χ0n) is 14.5. The lowest BCUT2D eigenvalue weighted by atomic mass is 10.0. The Morgan fingerprint density at radius 3 is 2.20 bits per heavy atom. The molecule has 0 unspecified atom stereocenters. The quantitative estimate of drug-likeness (QED) is 0.819. The minimum absolute atomic E-state index is 0.0380. The number of hydrogen-bond donors (Lipinski definition) is 1. The number of nitrogens with zero attached hydrogens (tertiary/aromatic N) is 1. The lowest BCUT2D eigenvalue weighted by Crippen LogP contribution is -2.30. The van der Waals surface area contributed by atoms with Gasteiger partial charge in [-0.3, -0.25) is 9.59 Å². The number of methoxy groups -OCH3 is 1. The van der Waals surface area contributed by atoms with E-state index in [0.717, 1.165) is 5.69 Å². The molecule has 2 rings (SSSR count). The van der Waals surface area contributed by atoms with Crippen molar-refractivity contribution >= 4 is 17.6 Å². The van der Waals surface area contributed by atoms with Gasteiger partial charge in [-0.25, -0.2) is 4.39 Å². The van der Waals surface area contributed by atoms with Gasteiger partial charge in [0.1, 0.15) is 5.82 Å². The van der Waals surface area contributed by atoms with E-state index in [1.165, 1.54) is 19.2 Å². The zero-order chi connectivity index (χ0) is 18.4. The van der Waals surface area contributed by atoms with Gasteiger partial charge >= 0.3 is 5.97 Å². The van der Waals surface area contributed by atoms with Crippen LogP contribution in [0.4, 0.5) is 10.1 Å². The Hall–Kier alpha value is -2.89. The van der Waals surface area contributed by atoms with Crippen LogP contribution in [-0.4, -0.2) is 33.1 Å². The molecule has 0 aromatic heterocycles. The van der Waals surface area contributed by atoms with E-state index in [0.29, 0.717) is 11.1 Å². The van der Waals surface area contributed by atoms with E-state index in [1.54, 1.807) is 24.3 Å². The number of rotatable bonds is 6. The number of ether oxygens (including phenoxy) is 1. The number of hydrogen-bond acceptors (Lipinski definition) is 4. The van der Waals surface area contributed by atoms with E-state index in [2.05, 4.69) is 10.1 Å². The molecule has 6 heteroatoms. The minimum Gasteiger partial charge on any atom is -0.469 e. The summed E-state index contributed by atoms with van der Waals surface area (Å²) in [5, 5.41) is 2.81. The lowest BCUT2D eigenvalue weighted by Gasteiger charge is -2.19. The first-order valence-electron chi connectivity index (χ1n) is 7.81. The zero-order valence-corrected chi connectivity index (χ0v) is 14.5. The molecule has 0 aliphatic rings. The molecule has 0 bridgehead atoms. The van der Waals surface area contributed by atoms with Crippen molar-refractivity contribution in [3.63, 3.8) is 0 Å². The molecular weight excluding hydrogens is 323 g/mol. The topological polar surface area (TPSA) is 58.6 Å². The number of carbonyl (C=O) groups excluding carboxylic acids is 2. The van der Waals surface area contributed by atoms with Gasteiger partial charge in [-0.2, -0.15) is 0 Å². The Morgan fingerprint density at radius 1 is 1.08 bits per heavy atom. The summed E-state index contributed by atoms with van der Waals surface area (Å²) in [4.78, 5) is 26.1. The molecule has 0 fully saturated rings. The minimum atomic E-state index is -0.603. The van der Waals surface area contributed by atoms with Crippen molar-refractivity contribution in [3.05, 3.63) is 65.5 Å². The monoisotopic (exact) mass is 344 g/mol. The van der Waals surface area contributed by atoms with Gasteiger partial charge in [-0.1, -0.05) is 12.1 Å². The first kappa shape index (κ1) is 18.4. The maximum atomic E-state index is 13.1. The second-order valence-corrected chi connectivity index (χ2v) is 5.80. The summed E-state index contributed by atoms with van der Waals surface area (Å²) in [6.07, 6.45) is -0.0380. The summed E-state index contributed by atoms with van der Waals surface area (Å²) in [5.74, 6) is -1.16. The Balaban J connectivity index is 2.18. The fourth-order valence-corrected chi connectivity index (χ4v) is 2.35. The fourth-order valence-electron chi connectivity index (χ4n) is 2.35. The van der Waals surface area contributed by atoms with Crippen molar-refractivity contribution in [2.75, 3.05) is 26.1 Å². The van der Waals surface area contributed by atoms with Gasteiger partial charge in [0.15, 0.2) is 0 Å². The van der Waals surface area contributed by atoms with Crippen molar-refractivity contribution in [2.45, 2.75) is 12.5 Å². The van der Waals surface area contributed by atoms with Gasteiger partial charge in [0.05, 0.1) is 19.6 Å². The smallest absolute Gasteiger partial charge is 0.307 e. The molecule has 1 N–H and O–H groups in total. The van der Waals surface area contributed by atoms with Gasteiger partial charge in [0, 0.05) is 25.3 Å². The highest BCUT2D eigenvalue weighted by atomic mass is 19.1. The van der Waals surface area contributed by atoms with E-state index >= 15 is 0 Å². The van der Waals surface area contributed by atoms with Crippen LogP contribution in [0.25, 0.3) is 0 Å². The van der Waals surface area contributed by atoms with Crippen LogP contribution < -0.4 is 10.2 Å². The Bertz CT molecular complexity index is 727. The normalized spacial score (nSPS) is 11.5. The summed E-state index contributed by atoms with van der Waals surface area (Å²) < 4.78 is 17.8. The summed E-state index contributed by atoms with van der Waals surface area (Å²) in [6, 6.07) is 12.2. The number of amides is 1. The van der Waals surface area contributed by atoms with Crippen LogP contribution in [0.5, 0.6) is 0 Å². The van der Waals surface area contributed by atoms with Gasteiger partial charge in [0.25, 0.3) is 5.91 Å². The highest BCUT2D eigenvalue weighted by Gasteiger charge is 2.20. The molecule has 25 heavy (non-hydrogen) atoms. The number of carbonyl (C=O) groups is 2. The van der Waals surface area contributed by atoms with Crippen LogP contribution in [0.1, 0.15) is 28.4 Å². The number of benzene rings is 2. The summed E-state index contributed by atoms with van der Waals surface area (Å²) in [5.41, 5.74) is 2.08. The van der Waals surface area contributed by atoms with Crippen LogP contribution in [0.2, 0.25) is 0 Å². The molecule has 0 heterocycles. The maximum absolute atomic E-state index is 13.1. The molecule has 2 aromatic carbocycles. The van der Waals surface area contributed by atoms with Gasteiger partial charge in [0.2, 0.25) is 0 Å². The molecular formula is C19H21FN2O3. The van der Waals surface area contributed by atoms with Crippen LogP contribution in [0.15, 0.2) is 48.5 Å². The Labute approximate surface area is 146 Å². The van der Waals surface area contributed by atoms with E-state index < -0.39 is 12.0 Å². The first-order chi connectivity index (χ1) is 11.9. The molecule has 0 saturated heterocycles. The van der Waals surface area contributed by atoms with Gasteiger partial charge in [-0.15, -0.1) is 0 Å². The van der Waals surface area contributed by atoms with E-state index in [4.69, 9.17) is 0 Å². The molecule has 0 radical (unpaired) electrons. The predicted octanol–water partition coefficient (Wildman–Crippen LogP) is 2.93. The van der Waals surface area contributed by atoms with Crippen molar-refractivity contribution in [1.29, 1.82) is 0 Å². The van der Waals surface area contributed by atoms with Crippen molar-refractivity contribution in [1.82, 2.24) is 5.32 Å². The molecule has 0 saturated carbocycles. The third-order valence-corrected chi connectivity index (χ3v) is 3.82. The third kappa shape index (κ3) is 5.04. The molecule has 0 aliphatic carbocycles. The third-order valence-electron chi connectivity index (χ3n) is 3.82. The largest absolute Gasteiger partial charge is 0.469 e. The molecule has 1 amide bonds. The van der Waals surface area contributed by atoms with E-state index in [9.17, 15) is 14.0 Å². The lowest BCUT2D eigenvalue weighted by molar-refractivity contribution is -0.141. The molecule has 132 valence electrons. The number of nitrogens with one attached hydrogen (secondary N) is 1. The van der Waals surface area contributed by atoms with Gasteiger partial charge < -0.3 is 15.0 Å². The standard InChI is InChI=1S/C19H21FN2O3/c1-22(2)16-10-6-14(7-11-16)19(24)21-17(12-18(23)25-3)13-4-8-15(20)9-5-13/h4-11,17H,12H2,1-3H3,(H,21,24)/t17-/m0/s1. The van der Waals surface area contributed by atoms with Gasteiger partial charge in [-0.05, 0) is 42.0 Å². The Kier molecular flexibility index (Phi) is 6.11. The molecule has 1 atom stereocenters. The number of esters is 1. The number of anilines is 1. The average Bonchev–Trinajstić information content (AvgIpc) is 2.61. The maximum Gasteiger partial charge on any atom is 0.307 e. The highest BCUT2D eigenvalue weighted by molar-refractivity contribution is 5.95. The fraction of sp³-hybridized carbons (Fsp3) is 0.263. The van der Waals surface area contributed by atoms with Crippen molar-refractivity contribution in [3.8, 4) is 0 Å². The second-order valence-electron chi connectivity index (χ2n) is 5.80. The summed E-state index contributed by atoms with van der Waals surface area (Å²) in [7, 11) is 5.11. The van der Waals surface area contributed by atoms with Crippen LogP contribution in [-0.2, 0) is 9.53 Å². The van der Waals surface area contributed by atoms with Crippen LogP contribution >= 0.6 is 0 Å². The Morgan fingerprint density at radius 2 is 1.68 bits per heavy atom. The average molecular weight is 344 g/mol. The molecule has 2 aromatic rings. The molecule has 0 spiro atoms. The summed E-state index contributed by atoms with van der Waals surface area (Å²) >= 11 is 0. The van der Waals surface area contributed by atoms with Crippen molar-refractivity contribution < 1.29 is 18.7 Å². The first-order valence-corrected chi connectivity index (χ1v) is 7.81. The number of halogens is 1. The molecule has 5 nitrogen and oxygen atoms in total. The summed E-state index contributed by atoms with van der Waals surface area (Å²) in [6.45, 7) is 0. The van der Waals surface area contributed by atoms with E-state index in [-0.39, 0.29) is 18.1 Å². The highest BCUT2D eigenvalue weighted by Crippen LogP contribution is 2.19. The van der Waals surface area contributed by atoms with Crippen molar-refractivity contribution in [2.24, 2.45) is 0 Å². The second kappa shape index (κ2) is 8.28.